The largest absolute Gasteiger partial charge is 0.457 e. The summed E-state index contributed by atoms with van der Waals surface area (Å²) in [5.41, 5.74) is 3.29. The van der Waals surface area contributed by atoms with Crippen LogP contribution >= 0.6 is 0 Å². The van der Waals surface area contributed by atoms with Crippen LogP contribution in [0.3, 0.4) is 0 Å². The Kier molecular flexibility index (Phi) is 6.00. The van der Waals surface area contributed by atoms with Gasteiger partial charge in [-0.05, 0) is 47.9 Å². The maximum Gasteiger partial charge on any atom is 0.338 e. The smallest absolute Gasteiger partial charge is 0.338 e. The van der Waals surface area contributed by atoms with E-state index in [1.54, 1.807) is 48.5 Å². The number of esters is 2. The van der Waals surface area contributed by atoms with Gasteiger partial charge in [0.1, 0.15) is 13.2 Å². The Morgan fingerprint density at radius 3 is 1.67 bits per heavy atom. The summed E-state index contributed by atoms with van der Waals surface area (Å²) in [6, 6.07) is 23.1. The maximum atomic E-state index is 12.1. The standard InChI is InChI=1S/C23H19O4/c1-17-12-13-20(15-26-22(24)18-8-4-2-5-9-18)21(14-17)16-27-23(25)19-10-6-3-7-11-19/h2-14H,1,15-16H2. The molecule has 0 heterocycles. The molecular weight excluding hydrogens is 340 g/mol. The Labute approximate surface area is 158 Å². The topological polar surface area (TPSA) is 52.6 Å². The van der Waals surface area contributed by atoms with Crippen molar-refractivity contribution in [1.29, 1.82) is 0 Å². The van der Waals surface area contributed by atoms with Crippen LogP contribution in [-0.2, 0) is 22.7 Å². The van der Waals surface area contributed by atoms with Gasteiger partial charge in [-0.1, -0.05) is 54.6 Å². The lowest BCUT2D eigenvalue weighted by molar-refractivity contribution is 0.0435. The van der Waals surface area contributed by atoms with E-state index >= 15 is 0 Å². The third-order valence-electron chi connectivity index (χ3n) is 4.01. The van der Waals surface area contributed by atoms with E-state index in [2.05, 4.69) is 6.92 Å². The van der Waals surface area contributed by atoms with Crippen LogP contribution in [0.25, 0.3) is 0 Å². The van der Waals surface area contributed by atoms with Gasteiger partial charge in [0.05, 0.1) is 11.1 Å². The number of hydrogen-bond donors (Lipinski definition) is 0. The first-order valence-electron chi connectivity index (χ1n) is 8.51. The van der Waals surface area contributed by atoms with E-state index in [4.69, 9.17) is 9.47 Å². The van der Waals surface area contributed by atoms with Crippen LogP contribution in [0.4, 0.5) is 0 Å². The highest BCUT2D eigenvalue weighted by molar-refractivity contribution is 5.89. The van der Waals surface area contributed by atoms with Crippen LogP contribution in [0.5, 0.6) is 0 Å². The fourth-order valence-electron chi connectivity index (χ4n) is 2.56. The van der Waals surface area contributed by atoms with Crippen molar-refractivity contribution in [1.82, 2.24) is 0 Å². The molecule has 0 unspecified atom stereocenters. The predicted molar refractivity (Wildman–Crippen MR) is 102 cm³/mol. The van der Waals surface area contributed by atoms with Crippen molar-refractivity contribution >= 4 is 11.9 Å². The molecule has 1 radical (unpaired) electrons. The van der Waals surface area contributed by atoms with Gasteiger partial charge in [-0.3, -0.25) is 0 Å². The highest BCUT2D eigenvalue weighted by Crippen LogP contribution is 2.16. The summed E-state index contributed by atoms with van der Waals surface area (Å²) < 4.78 is 10.8. The molecule has 0 N–H and O–H groups in total. The van der Waals surface area contributed by atoms with Gasteiger partial charge in [0, 0.05) is 0 Å². The van der Waals surface area contributed by atoms with Crippen LogP contribution in [0.2, 0.25) is 0 Å². The van der Waals surface area contributed by atoms with Gasteiger partial charge in [-0.2, -0.15) is 0 Å². The lowest BCUT2D eigenvalue weighted by atomic mass is 10.1. The molecule has 0 aliphatic carbocycles. The summed E-state index contributed by atoms with van der Waals surface area (Å²) in [7, 11) is 0. The van der Waals surface area contributed by atoms with Crippen LogP contribution < -0.4 is 0 Å². The second kappa shape index (κ2) is 8.81. The zero-order valence-corrected chi connectivity index (χ0v) is 14.8. The lowest BCUT2D eigenvalue weighted by Gasteiger charge is -2.12. The van der Waals surface area contributed by atoms with E-state index in [1.165, 1.54) is 0 Å². The summed E-state index contributed by atoms with van der Waals surface area (Å²) in [6.07, 6.45) is 0. The second-order valence-electron chi connectivity index (χ2n) is 5.99. The van der Waals surface area contributed by atoms with Crippen LogP contribution in [0.1, 0.15) is 37.4 Å². The minimum absolute atomic E-state index is 0.0787. The van der Waals surface area contributed by atoms with Crippen molar-refractivity contribution in [2.75, 3.05) is 0 Å². The first-order chi connectivity index (χ1) is 13.1. The SMILES string of the molecule is [CH2]c1ccc(COC(=O)c2ccccc2)c(COC(=O)c2ccccc2)c1. The summed E-state index contributed by atoms with van der Waals surface area (Å²) in [5, 5.41) is 0. The number of carbonyl (C=O) groups excluding carboxylic acids is 2. The molecule has 0 saturated heterocycles. The average Bonchev–Trinajstić information content (AvgIpc) is 2.72. The minimum atomic E-state index is -0.405. The molecule has 0 aliphatic heterocycles. The Bertz CT molecular complexity index is 918. The third-order valence-corrected chi connectivity index (χ3v) is 4.01. The van der Waals surface area contributed by atoms with Crippen molar-refractivity contribution in [2.45, 2.75) is 13.2 Å². The Balaban J connectivity index is 1.66. The van der Waals surface area contributed by atoms with Gasteiger partial charge in [0.25, 0.3) is 0 Å². The molecule has 4 nitrogen and oxygen atoms in total. The van der Waals surface area contributed by atoms with Gasteiger partial charge in [-0.15, -0.1) is 0 Å². The molecule has 4 heteroatoms. The summed E-state index contributed by atoms with van der Waals surface area (Å²) in [6.45, 7) is 4.07. The highest BCUT2D eigenvalue weighted by Gasteiger charge is 2.12. The Morgan fingerprint density at radius 2 is 1.15 bits per heavy atom. The minimum Gasteiger partial charge on any atom is -0.457 e. The predicted octanol–water partition coefficient (Wildman–Crippen LogP) is 4.58. The van der Waals surface area contributed by atoms with Crippen LogP contribution in [-0.4, -0.2) is 11.9 Å². The molecule has 3 aromatic rings. The summed E-state index contributed by atoms with van der Waals surface area (Å²) in [4.78, 5) is 24.3. The second-order valence-corrected chi connectivity index (χ2v) is 5.99. The fourth-order valence-corrected chi connectivity index (χ4v) is 2.56. The zero-order valence-electron chi connectivity index (χ0n) is 14.8. The molecule has 0 aliphatic rings. The number of rotatable bonds is 6. The molecule has 3 aromatic carbocycles. The summed E-state index contributed by atoms with van der Waals surface area (Å²) in [5.74, 6) is -0.807. The molecule has 0 spiro atoms. The van der Waals surface area contributed by atoms with E-state index in [1.807, 2.05) is 30.3 Å². The number of hydrogen-bond acceptors (Lipinski definition) is 4. The first kappa shape index (κ1) is 18.4. The van der Waals surface area contributed by atoms with Crippen LogP contribution in [0.15, 0.2) is 78.9 Å². The van der Waals surface area contributed by atoms with E-state index in [-0.39, 0.29) is 13.2 Å². The van der Waals surface area contributed by atoms with Gasteiger partial charge >= 0.3 is 11.9 Å². The van der Waals surface area contributed by atoms with Gasteiger partial charge in [-0.25, -0.2) is 9.59 Å². The molecule has 0 bridgehead atoms. The van der Waals surface area contributed by atoms with Gasteiger partial charge in [0.15, 0.2) is 0 Å². The van der Waals surface area contributed by atoms with Crippen molar-refractivity contribution in [2.24, 2.45) is 0 Å². The molecule has 0 amide bonds. The molecule has 3 rings (SSSR count). The molecule has 27 heavy (non-hydrogen) atoms. The van der Waals surface area contributed by atoms with Gasteiger partial charge in [0.2, 0.25) is 0 Å². The molecule has 135 valence electrons. The van der Waals surface area contributed by atoms with Crippen molar-refractivity contribution in [3.8, 4) is 0 Å². The quantitative estimate of drug-likeness (QED) is 0.605. The number of benzene rings is 3. The highest BCUT2D eigenvalue weighted by atomic mass is 16.5. The fraction of sp³-hybridized carbons (Fsp3) is 0.0870. The Morgan fingerprint density at radius 1 is 0.667 bits per heavy atom. The summed E-state index contributed by atoms with van der Waals surface area (Å²) >= 11 is 0. The van der Waals surface area contributed by atoms with E-state index in [0.717, 1.165) is 16.7 Å². The van der Waals surface area contributed by atoms with E-state index in [0.29, 0.717) is 11.1 Å². The van der Waals surface area contributed by atoms with Gasteiger partial charge < -0.3 is 9.47 Å². The van der Waals surface area contributed by atoms with Crippen molar-refractivity contribution in [3.05, 3.63) is 114 Å². The molecule has 0 fully saturated rings. The monoisotopic (exact) mass is 359 g/mol. The average molecular weight is 359 g/mol. The van der Waals surface area contributed by atoms with Crippen molar-refractivity contribution < 1.29 is 19.1 Å². The third kappa shape index (κ3) is 5.05. The first-order valence-corrected chi connectivity index (χ1v) is 8.51. The molecule has 0 atom stereocenters. The van der Waals surface area contributed by atoms with E-state index in [9.17, 15) is 9.59 Å². The van der Waals surface area contributed by atoms with Crippen molar-refractivity contribution in [3.63, 3.8) is 0 Å². The molecule has 0 aromatic heterocycles. The molecular formula is C23H19O4. The maximum absolute atomic E-state index is 12.1. The number of carbonyl (C=O) groups is 2. The lowest BCUT2D eigenvalue weighted by Crippen LogP contribution is -2.09. The Hall–Kier alpha value is -3.40. The van der Waals surface area contributed by atoms with E-state index < -0.39 is 11.9 Å². The number of ether oxygens (including phenoxy) is 2. The normalized spacial score (nSPS) is 10.3. The van der Waals surface area contributed by atoms with Crippen LogP contribution in [0, 0.1) is 6.92 Å². The molecule has 0 saturated carbocycles. The zero-order chi connectivity index (χ0) is 19.1.